The molecule has 4 aromatic rings. The quantitative estimate of drug-likeness (QED) is 0.578. The first kappa shape index (κ1) is 14.9. The molecule has 0 amide bonds. The molecule has 0 aliphatic heterocycles. The fraction of sp³-hybridized carbons (Fsp3) is 0.118. The van der Waals surface area contributed by atoms with E-state index in [9.17, 15) is 0 Å². The first-order valence-electron chi connectivity index (χ1n) is 7.22. The first-order chi connectivity index (χ1) is 11.7. The first-order valence-corrected chi connectivity index (χ1v) is 8.01. The van der Waals surface area contributed by atoms with E-state index < -0.39 is 0 Å². The second kappa shape index (κ2) is 5.76. The summed E-state index contributed by atoms with van der Waals surface area (Å²) in [5.74, 6) is 1.26. The minimum Gasteiger partial charge on any atom is -0.493 e. The summed E-state index contributed by atoms with van der Waals surface area (Å²) in [6.07, 6.45) is 1.53. The van der Waals surface area contributed by atoms with Crippen molar-refractivity contribution < 1.29 is 9.47 Å². The van der Waals surface area contributed by atoms with E-state index in [2.05, 4.69) is 36.1 Å². The van der Waals surface area contributed by atoms with Crippen LogP contribution in [0.3, 0.4) is 0 Å². The van der Waals surface area contributed by atoms with Gasteiger partial charge in [-0.3, -0.25) is 5.10 Å². The van der Waals surface area contributed by atoms with E-state index in [-0.39, 0.29) is 0 Å². The van der Waals surface area contributed by atoms with Crippen LogP contribution in [0.5, 0.6) is 11.5 Å². The smallest absolute Gasteiger partial charge is 0.162 e. The summed E-state index contributed by atoms with van der Waals surface area (Å²) in [4.78, 5) is 8.79. The van der Waals surface area contributed by atoms with Gasteiger partial charge in [-0.2, -0.15) is 5.10 Å². The molecule has 2 aromatic carbocycles. The molecule has 0 spiro atoms. The van der Waals surface area contributed by atoms with Crippen molar-refractivity contribution in [3.8, 4) is 22.9 Å². The molecule has 0 radical (unpaired) electrons. The van der Waals surface area contributed by atoms with Crippen LogP contribution in [0, 0.1) is 0 Å². The van der Waals surface area contributed by atoms with Gasteiger partial charge in [0.15, 0.2) is 11.5 Å². The highest BCUT2D eigenvalue weighted by Gasteiger charge is 2.16. The van der Waals surface area contributed by atoms with Gasteiger partial charge in [0.1, 0.15) is 17.7 Å². The van der Waals surface area contributed by atoms with Crippen LogP contribution in [0.2, 0.25) is 0 Å². The second-order valence-electron chi connectivity index (χ2n) is 5.21. The number of methoxy groups -OCH3 is 2. The van der Waals surface area contributed by atoms with Gasteiger partial charge in [0.2, 0.25) is 0 Å². The van der Waals surface area contributed by atoms with E-state index in [1.807, 2.05) is 30.3 Å². The number of hydrogen-bond acceptors (Lipinski definition) is 5. The topological polar surface area (TPSA) is 72.9 Å². The molecule has 0 saturated heterocycles. The number of halogens is 1. The highest BCUT2D eigenvalue weighted by molar-refractivity contribution is 9.10. The highest BCUT2D eigenvalue weighted by atomic mass is 79.9. The summed E-state index contributed by atoms with van der Waals surface area (Å²) < 4.78 is 11.7. The van der Waals surface area contributed by atoms with E-state index in [0.717, 1.165) is 37.7 Å². The van der Waals surface area contributed by atoms with Crippen LogP contribution in [0.1, 0.15) is 0 Å². The Balaban J connectivity index is 2.03. The third-order valence-corrected chi connectivity index (χ3v) is 4.38. The van der Waals surface area contributed by atoms with Crippen LogP contribution in [-0.2, 0) is 0 Å². The van der Waals surface area contributed by atoms with Gasteiger partial charge in [-0.1, -0.05) is 15.9 Å². The summed E-state index contributed by atoms with van der Waals surface area (Å²) in [5, 5.41) is 9.33. The Morgan fingerprint density at radius 3 is 2.50 bits per heavy atom. The van der Waals surface area contributed by atoms with E-state index in [1.165, 1.54) is 6.33 Å². The normalized spacial score (nSPS) is 11.1. The van der Waals surface area contributed by atoms with E-state index >= 15 is 0 Å². The lowest BCUT2D eigenvalue weighted by Crippen LogP contribution is -1.94. The molecule has 0 bridgehead atoms. The number of nitrogens with zero attached hydrogens (tertiary/aromatic N) is 3. The molecule has 1 N–H and O–H groups in total. The van der Waals surface area contributed by atoms with Gasteiger partial charge in [-0.25, -0.2) is 9.97 Å². The molecule has 0 saturated carbocycles. The molecule has 0 unspecified atom stereocenters. The molecule has 6 nitrogen and oxygen atoms in total. The average molecular weight is 385 g/mol. The number of hydrogen-bond donors (Lipinski definition) is 1. The molecular formula is C17H13BrN4O2. The Morgan fingerprint density at radius 2 is 1.71 bits per heavy atom. The minimum atomic E-state index is 0.627. The predicted molar refractivity (Wildman–Crippen MR) is 95.4 cm³/mol. The molecule has 0 fully saturated rings. The van der Waals surface area contributed by atoms with Crippen molar-refractivity contribution in [2.24, 2.45) is 0 Å². The lowest BCUT2D eigenvalue weighted by Gasteiger charge is -2.10. The van der Waals surface area contributed by atoms with Crippen LogP contribution in [0.4, 0.5) is 0 Å². The average Bonchev–Trinajstić information content (AvgIpc) is 3.02. The molecule has 2 heterocycles. The largest absolute Gasteiger partial charge is 0.493 e. The van der Waals surface area contributed by atoms with E-state index in [4.69, 9.17) is 9.47 Å². The van der Waals surface area contributed by atoms with Gasteiger partial charge >= 0.3 is 0 Å². The molecule has 24 heavy (non-hydrogen) atoms. The molecule has 7 heteroatoms. The second-order valence-corrected chi connectivity index (χ2v) is 6.12. The fourth-order valence-electron chi connectivity index (χ4n) is 2.74. The van der Waals surface area contributed by atoms with Crippen molar-refractivity contribution in [1.82, 2.24) is 20.2 Å². The number of aromatic nitrogens is 4. The number of aromatic amines is 1. The predicted octanol–water partition coefficient (Wildman–Crippen LogP) is 3.95. The molecule has 0 aliphatic carbocycles. The number of rotatable bonds is 3. The zero-order chi connectivity index (χ0) is 16.7. The van der Waals surface area contributed by atoms with Crippen molar-refractivity contribution >= 4 is 37.7 Å². The molecule has 4 rings (SSSR count). The standard InChI is InChI=1S/C17H13BrN4O2/c1-23-14-6-11-13(7-15(14)24-2)19-8-20-16(11)17-10-5-9(18)3-4-12(10)21-22-17/h3-8H,1-2H3,(H,21,22). The number of fused-ring (bicyclic) bond motifs is 2. The van der Waals surface area contributed by atoms with Gasteiger partial charge in [-0.05, 0) is 24.3 Å². The summed E-state index contributed by atoms with van der Waals surface area (Å²) in [7, 11) is 3.21. The van der Waals surface area contributed by atoms with Crippen molar-refractivity contribution in [3.63, 3.8) is 0 Å². The molecule has 120 valence electrons. The maximum atomic E-state index is 5.41. The van der Waals surface area contributed by atoms with Crippen molar-refractivity contribution in [1.29, 1.82) is 0 Å². The minimum absolute atomic E-state index is 0.627. The molecule has 0 atom stereocenters. The Labute approximate surface area is 146 Å². The van der Waals surface area contributed by atoms with Gasteiger partial charge in [0.25, 0.3) is 0 Å². The lowest BCUT2D eigenvalue weighted by molar-refractivity contribution is 0.356. The lowest BCUT2D eigenvalue weighted by atomic mass is 10.1. The zero-order valence-electron chi connectivity index (χ0n) is 13.0. The molecule has 2 aromatic heterocycles. The third-order valence-electron chi connectivity index (χ3n) is 3.89. The summed E-state index contributed by atoms with van der Waals surface area (Å²) in [5.41, 5.74) is 3.22. The number of H-pyrrole nitrogens is 1. The van der Waals surface area contributed by atoms with Gasteiger partial charge < -0.3 is 9.47 Å². The van der Waals surface area contributed by atoms with Crippen molar-refractivity contribution in [3.05, 3.63) is 41.1 Å². The monoisotopic (exact) mass is 384 g/mol. The van der Waals surface area contributed by atoms with Crippen LogP contribution in [-0.4, -0.2) is 34.4 Å². The Hall–Kier alpha value is -2.67. The Kier molecular flexibility index (Phi) is 3.57. The van der Waals surface area contributed by atoms with Crippen molar-refractivity contribution in [2.45, 2.75) is 0 Å². The van der Waals surface area contributed by atoms with Crippen LogP contribution < -0.4 is 9.47 Å². The van der Waals surface area contributed by atoms with Gasteiger partial charge in [-0.15, -0.1) is 0 Å². The number of benzene rings is 2. The molecular weight excluding hydrogens is 372 g/mol. The van der Waals surface area contributed by atoms with Gasteiger partial charge in [0.05, 0.1) is 25.3 Å². The summed E-state index contributed by atoms with van der Waals surface area (Å²) in [6, 6.07) is 9.67. The molecule has 0 aliphatic rings. The van der Waals surface area contributed by atoms with Crippen molar-refractivity contribution in [2.75, 3.05) is 14.2 Å². The highest BCUT2D eigenvalue weighted by Crippen LogP contribution is 2.36. The SMILES string of the molecule is COc1cc2ncnc(-c3n[nH]c4ccc(Br)cc34)c2cc1OC. The Morgan fingerprint density at radius 1 is 0.917 bits per heavy atom. The third kappa shape index (κ3) is 2.28. The summed E-state index contributed by atoms with van der Waals surface area (Å²) >= 11 is 3.50. The maximum absolute atomic E-state index is 5.41. The number of nitrogens with one attached hydrogen (secondary N) is 1. The van der Waals surface area contributed by atoms with E-state index in [1.54, 1.807) is 14.2 Å². The Bertz CT molecular complexity index is 1060. The van der Waals surface area contributed by atoms with Crippen LogP contribution in [0.25, 0.3) is 33.2 Å². The van der Waals surface area contributed by atoms with Crippen LogP contribution >= 0.6 is 15.9 Å². The van der Waals surface area contributed by atoms with Crippen LogP contribution in [0.15, 0.2) is 41.1 Å². The summed E-state index contributed by atoms with van der Waals surface area (Å²) in [6.45, 7) is 0. The maximum Gasteiger partial charge on any atom is 0.162 e. The zero-order valence-corrected chi connectivity index (χ0v) is 14.6. The fourth-order valence-corrected chi connectivity index (χ4v) is 3.10. The van der Waals surface area contributed by atoms with E-state index in [0.29, 0.717) is 11.5 Å². The van der Waals surface area contributed by atoms with Gasteiger partial charge in [0, 0.05) is 21.3 Å². The number of ether oxygens (including phenoxy) is 2.